The summed E-state index contributed by atoms with van der Waals surface area (Å²) in [5.41, 5.74) is 4.05. The fourth-order valence-electron chi connectivity index (χ4n) is 3.08. The third kappa shape index (κ3) is 3.40. The van der Waals surface area contributed by atoms with Gasteiger partial charge in [0.1, 0.15) is 23.9 Å². The molecule has 0 atom stereocenters. The molecule has 0 saturated heterocycles. The standard InChI is InChI=1S/C20H18FN3O3/c1-12-17(20(23-27-12)14-3-6-16(21)7-4-14)11-26-19-8-5-15-9-24(13(2)25)10-18(15)22-19/h3-8H,9-11H2,1-2H3. The molecule has 0 spiro atoms. The summed E-state index contributed by atoms with van der Waals surface area (Å²) in [5, 5.41) is 4.07. The molecule has 4 rings (SSSR count). The highest BCUT2D eigenvalue weighted by Gasteiger charge is 2.23. The van der Waals surface area contributed by atoms with Crippen LogP contribution in [0.2, 0.25) is 0 Å². The zero-order chi connectivity index (χ0) is 19.0. The Morgan fingerprint density at radius 3 is 2.74 bits per heavy atom. The normalized spacial score (nSPS) is 12.9. The minimum Gasteiger partial charge on any atom is -0.473 e. The van der Waals surface area contributed by atoms with Crippen molar-refractivity contribution in [2.24, 2.45) is 0 Å². The summed E-state index contributed by atoms with van der Waals surface area (Å²) in [6.45, 7) is 4.66. The molecule has 1 amide bonds. The van der Waals surface area contributed by atoms with E-state index in [0.717, 1.165) is 22.4 Å². The second-order valence-electron chi connectivity index (χ2n) is 6.49. The molecule has 27 heavy (non-hydrogen) atoms. The van der Waals surface area contributed by atoms with Gasteiger partial charge in [-0.3, -0.25) is 4.79 Å². The Balaban J connectivity index is 1.52. The summed E-state index contributed by atoms with van der Waals surface area (Å²) in [5.74, 6) is 0.835. The topological polar surface area (TPSA) is 68.5 Å². The molecule has 0 unspecified atom stereocenters. The molecule has 0 saturated carbocycles. The van der Waals surface area contributed by atoms with Crippen molar-refractivity contribution in [3.8, 4) is 17.1 Å². The first-order chi connectivity index (χ1) is 13.0. The maximum absolute atomic E-state index is 13.2. The molecule has 1 aliphatic heterocycles. The van der Waals surface area contributed by atoms with Crippen molar-refractivity contribution >= 4 is 5.91 Å². The number of carbonyl (C=O) groups is 1. The van der Waals surface area contributed by atoms with Crippen LogP contribution in [0.3, 0.4) is 0 Å². The third-order valence-electron chi connectivity index (χ3n) is 4.66. The molecule has 0 fully saturated rings. The lowest BCUT2D eigenvalue weighted by Gasteiger charge is -2.10. The number of amides is 1. The monoisotopic (exact) mass is 367 g/mol. The van der Waals surface area contributed by atoms with Crippen LogP contribution in [0.25, 0.3) is 11.3 Å². The Bertz CT molecular complexity index is 998. The van der Waals surface area contributed by atoms with Crippen LogP contribution in [0, 0.1) is 12.7 Å². The molecule has 3 aromatic rings. The van der Waals surface area contributed by atoms with Gasteiger partial charge >= 0.3 is 0 Å². The molecule has 138 valence electrons. The van der Waals surface area contributed by atoms with Crippen LogP contribution >= 0.6 is 0 Å². The van der Waals surface area contributed by atoms with Crippen LogP contribution < -0.4 is 4.74 Å². The summed E-state index contributed by atoms with van der Waals surface area (Å²) in [7, 11) is 0. The second-order valence-corrected chi connectivity index (χ2v) is 6.49. The van der Waals surface area contributed by atoms with Crippen molar-refractivity contribution in [1.29, 1.82) is 0 Å². The van der Waals surface area contributed by atoms with Gasteiger partial charge in [-0.2, -0.15) is 0 Å². The lowest BCUT2D eigenvalue weighted by atomic mass is 10.1. The van der Waals surface area contributed by atoms with Crippen LogP contribution in [0.5, 0.6) is 5.88 Å². The largest absolute Gasteiger partial charge is 0.473 e. The SMILES string of the molecule is CC(=O)N1Cc2ccc(OCc3c(-c4ccc(F)cc4)noc3C)nc2C1. The van der Waals surface area contributed by atoms with Gasteiger partial charge in [0, 0.05) is 25.1 Å². The molecule has 2 aromatic heterocycles. The average molecular weight is 367 g/mol. The number of nitrogens with zero attached hydrogens (tertiary/aromatic N) is 3. The number of carbonyl (C=O) groups excluding carboxylic acids is 1. The molecule has 1 aliphatic rings. The van der Waals surface area contributed by atoms with E-state index < -0.39 is 0 Å². The Labute approximate surface area is 155 Å². The van der Waals surface area contributed by atoms with E-state index in [4.69, 9.17) is 9.26 Å². The van der Waals surface area contributed by atoms with Crippen LogP contribution in [0.4, 0.5) is 4.39 Å². The van der Waals surface area contributed by atoms with Gasteiger partial charge in [0.25, 0.3) is 0 Å². The first kappa shape index (κ1) is 17.2. The fraction of sp³-hybridized carbons (Fsp3) is 0.250. The molecular weight excluding hydrogens is 349 g/mol. The Hall–Kier alpha value is -3.22. The Morgan fingerprint density at radius 1 is 1.22 bits per heavy atom. The third-order valence-corrected chi connectivity index (χ3v) is 4.66. The van der Waals surface area contributed by atoms with Gasteiger partial charge in [-0.25, -0.2) is 9.37 Å². The molecule has 7 heteroatoms. The average Bonchev–Trinajstić information content (AvgIpc) is 3.24. The van der Waals surface area contributed by atoms with Crippen LogP contribution in [-0.2, 0) is 24.5 Å². The summed E-state index contributed by atoms with van der Waals surface area (Å²) in [4.78, 5) is 17.8. The summed E-state index contributed by atoms with van der Waals surface area (Å²) >= 11 is 0. The van der Waals surface area contributed by atoms with Gasteiger partial charge in [0.05, 0.1) is 17.8 Å². The van der Waals surface area contributed by atoms with Gasteiger partial charge < -0.3 is 14.2 Å². The van der Waals surface area contributed by atoms with Crippen molar-refractivity contribution in [3.63, 3.8) is 0 Å². The molecule has 0 N–H and O–H groups in total. The first-order valence-electron chi connectivity index (χ1n) is 8.59. The highest BCUT2D eigenvalue weighted by Crippen LogP contribution is 2.28. The molecule has 0 bridgehead atoms. The number of fused-ring (bicyclic) bond motifs is 1. The fourth-order valence-corrected chi connectivity index (χ4v) is 3.08. The summed E-state index contributed by atoms with van der Waals surface area (Å²) < 4.78 is 24.3. The van der Waals surface area contributed by atoms with E-state index in [2.05, 4.69) is 10.1 Å². The van der Waals surface area contributed by atoms with E-state index in [-0.39, 0.29) is 18.3 Å². The number of hydrogen-bond acceptors (Lipinski definition) is 5. The van der Waals surface area contributed by atoms with Crippen LogP contribution in [-0.4, -0.2) is 20.9 Å². The van der Waals surface area contributed by atoms with Gasteiger partial charge in [-0.1, -0.05) is 5.16 Å². The predicted molar refractivity (Wildman–Crippen MR) is 95.1 cm³/mol. The van der Waals surface area contributed by atoms with Gasteiger partial charge in [0.15, 0.2) is 0 Å². The first-order valence-corrected chi connectivity index (χ1v) is 8.59. The minimum atomic E-state index is -0.307. The highest BCUT2D eigenvalue weighted by atomic mass is 19.1. The van der Waals surface area contributed by atoms with Crippen LogP contribution in [0.15, 0.2) is 40.9 Å². The molecular formula is C20H18FN3O3. The van der Waals surface area contributed by atoms with Crippen molar-refractivity contribution < 1.29 is 18.4 Å². The Kier molecular flexibility index (Phi) is 4.35. The van der Waals surface area contributed by atoms with E-state index in [1.165, 1.54) is 12.1 Å². The highest BCUT2D eigenvalue weighted by molar-refractivity contribution is 5.74. The molecule has 3 heterocycles. The minimum absolute atomic E-state index is 0.0273. The van der Waals surface area contributed by atoms with E-state index in [1.807, 2.05) is 6.07 Å². The number of ether oxygens (including phenoxy) is 1. The number of benzene rings is 1. The van der Waals surface area contributed by atoms with E-state index >= 15 is 0 Å². The number of rotatable bonds is 4. The number of hydrogen-bond donors (Lipinski definition) is 0. The van der Waals surface area contributed by atoms with E-state index in [0.29, 0.717) is 30.4 Å². The number of aromatic nitrogens is 2. The zero-order valence-electron chi connectivity index (χ0n) is 15.0. The number of pyridine rings is 1. The van der Waals surface area contributed by atoms with Crippen molar-refractivity contribution in [2.75, 3.05) is 0 Å². The smallest absolute Gasteiger partial charge is 0.220 e. The van der Waals surface area contributed by atoms with Gasteiger partial charge in [-0.05, 0) is 42.8 Å². The summed E-state index contributed by atoms with van der Waals surface area (Å²) in [6.07, 6.45) is 0. The lowest BCUT2D eigenvalue weighted by Crippen LogP contribution is -2.21. The molecule has 0 aliphatic carbocycles. The Morgan fingerprint density at radius 2 is 2.00 bits per heavy atom. The van der Waals surface area contributed by atoms with Crippen LogP contribution in [0.1, 0.15) is 29.5 Å². The van der Waals surface area contributed by atoms with E-state index in [9.17, 15) is 9.18 Å². The summed E-state index contributed by atoms with van der Waals surface area (Å²) in [6, 6.07) is 9.80. The lowest BCUT2D eigenvalue weighted by molar-refractivity contribution is -0.129. The molecule has 1 aromatic carbocycles. The van der Waals surface area contributed by atoms with E-state index in [1.54, 1.807) is 36.9 Å². The maximum atomic E-state index is 13.2. The zero-order valence-corrected chi connectivity index (χ0v) is 15.0. The van der Waals surface area contributed by atoms with Crippen molar-refractivity contribution in [1.82, 2.24) is 15.0 Å². The predicted octanol–water partition coefficient (Wildman–Crippen LogP) is 3.63. The maximum Gasteiger partial charge on any atom is 0.220 e. The quantitative estimate of drug-likeness (QED) is 0.704. The number of halogens is 1. The van der Waals surface area contributed by atoms with Crippen molar-refractivity contribution in [2.45, 2.75) is 33.5 Å². The second kappa shape index (κ2) is 6.83. The van der Waals surface area contributed by atoms with Crippen molar-refractivity contribution in [3.05, 3.63) is 64.8 Å². The molecule has 6 nitrogen and oxygen atoms in total. The van der Waals surface area contributed by atoms with Gasteiger partial charge in [-0.15, -0.1) is 0 Å². The number of aryl methyl sites for hydroxylation is 1. The van der Waals surface area contributed by atoms with Gasteiger partial charge in [0.2, 0.25) is 11.8 Å². The molecule has 0 radical (unpaired) electrons.